The molecule has 0 fully saturated rings. The van der Waals surface area contributed by atoms with Crippen molar-refractivity contribution in [2.75, 3.05) is 0 Å². The highest BCUT2D eigenvalue weighted by atomic mass is 35.5. The van der Waals surface area contributed by atoms with E-state index in [1.54, 1.807) is 22.7 Å². The number of nitrogens with zero attached hydrogens (tertiary/aromatic N) is 3. The van der Waals surface area contributed by atoms with Crippen molar-refractivity contribution in [1.29, 1.82) is 0 Å². The number of hydrogen-bond acceptors (Lipinski definition) is 4. The van der Waals surface area contributed by atoms with Crippen LogP contribution in [0.25, 0.3) is 16.3 Å². The Morgan fingerprint density at radius 2 is 2.06 bits per heavy atom. The van der Waals surface area contributed by atoms with Crippen LogP contribution in [0.15, 0.2) is 30.5 Å². The summed E-state index contributed by atoms with van der Waals surface area (Å²) in [6.07, 6.45) is 1.58. The number of aromatic hydroxyl groups is 1. The molecule has 0 aliphatic rings. The van der Waals surface area contributed by atoms with E-state index in [9.17, 15) is 5.11 Å². The second kappa shape index (κ2) is 3.47. The van der Waals surface area contributed by atoms with Crippen LogP contribution in [0, 0.1) is 0 Å². The van der Waals surface area contributed by atoms with Gasteiger partial charge in [0, 0.05) is 0 Å². The Balaban J connectivity index is 2.27. The fraction of sp³-hybridized carbons (Fsp3) is 0. The smallest absolute Gasteiger partial charge is 0.178 e. The highest BCUT2D eigenvalue weighted by Gasteiger charge is 2.10. The molecule has 0 aromatic carbocycles. The Hall–Kier alpha value is -1.59. The molecule has 6 heteroatoms. The van der Waals surface area contributed by atoms with E-state index in [0.717, 1.165) is 4.88 Å². The van der Waals surface area contributed by atoms with Gasteiger partial charge in [-0.3, -0.25) is 4.40 Å². The molecule has 0 atom stereocenters. The van der Waals surface area contributed by atoms with E-state index in [2.05, 4.69) is 10.2 Å². The topological polar surface area (TPSA) is 50.4 Å². The predicted octanol–water partition coefficient (Wildman–Crippen LogP) is 2.82. The summed E-state index contributed by atoms with van der Waals surface area (Å²) in [5.74, 6) is 0.860. The van der Waals surface area contributed by atoms with Crippen molar-refractivity contribution in [3.05, 3.63) is 34.8 Å². The van der Waals surface area contributed by atoms with Gasteiger partial charge in [-0.1, -0.05) is 11.6 Å². The molecule has 0 aliphatic heterocycles. The second-order valence-electron chi connectivity index (χ2n) is 3.24. The first-order chi connectivity index (χ1) is 7.74. The summed E-state index contributed by atoms with van der Waals surface area (Å²) >= 11 is 7.30. The number of rotatable bonds is 1. The van der Waals surface area contributed by atoms with Gasteiger partial charge in [0.05, 0.1) is 15.4 Å². The highest BCUT2D eigenvalue weighted by molar-refractivity contribution is 7.19. The summed E-state index contributed by atoms with van der Waals surface area (Å²) in [5.41, 5.74) is 0.692. The maximum absolute atomic E-state index is 9.43. The maximum Gasteiger partial charge on any atom is 0.178 e. The molecule has 3 aromatic rings. The first-order valence-corrected chi connectivity index (χ1v) is 5.73. The molecule has 80 valence electrons. The average molecular weight is 252 g/mol. The fourth-order valence-electron chi connectivity index (χ4n) is 1.48. The van der Waals surface area contributed by atoms with Crippen molar-refractivity contribution in [3.8, 4) is 16.5 Å². The second-order valence-corrected chi connectivity index (χ2v) is 4.96. The summed E-state index contributed by atoms with van der Waals surface area (Å²) in [4.78, 5) is 0.920. The third-order valence-electron chi connectivity index (χ3n) is 2.18. The van der Waals surface area contributed by atoms with Crippen LogP contribution in [-0.4, -0.2) is 19.7 Å². The van der Waals surface area contributed by atoms with Gasteiger partial charge in [0.1, 0.15) is 5.75 Å². The van der Waals surface area contributed by atoms with E-state index in [4.69, 9.17) is 11.6 Å². The average Bonchev–Trinajstić information content (AvgIpc) is 2.83. The van der Waals surface area contributed by atoms with Crippen molar-refractivity contribution < 1.29 is 5.11 Å². The molecular formula is C10H6ClN3OS. The third kappa shape index (κ3) is 1.45. The van der Waals surface area contributed by atoms with E-state index in [-0.39, 0.29) is 5.75 Å². The zero-order chi connectivity index (χ0) is 11.1. The zero-order valence-electron chi connectivity index (χ0n) is 7.96. The van der Waals surface area contributed by atoms with Crippen molar-refractivity contribution in [3.63, 3.8) is 0 Å². The van der Waals surface area contributed by atoms with Gasteiger partial charge < -0.3 is 5.11 Å². The third-order valence-corrected chi connectivity index (χ3v) is 3.41. The summed E-state index contributed by atoms with van der Waals surface area (Å²) in [6, 6.07) is 6.98. The summed E-state index contributed by atoms with van der Waals surface area (Å²) in [5, 5.41) is 17.5. The van der Waals surface area contributed by atoms with Gasteiger partial charge in [-0.25, -0.2) is 0 Å². The van der Waals surface area contributed by atoms with Crippen molar-refractivity contribution in [1.82, 2.24) is 14.6 Å². The Labute approximate surface area is 99.8 Å². The number of halogens is 1. The van der Waals surface area contributed by atoms with Crippen molar-refractivity contribution in [2.45, 2.75) is 0 Å². The molecule has 3 heterocycles. The molecule has 0 unspecified atom stereocenters. The molecule has 0 saturated heterocycles. The van der Waals surface area contributed by atoms with Crippen LogP contribution >= 0.6 is 22.9 Å². The monoisotopic (exact) mass is 251 g/mol. The number of pyridine rings is 1. The van der Waals surface area contributed by atoms with Crippen LogP contribution < -0.4 is 0 Å². The largest absolute Gasteiger partial charge is 0.506 e. The molecule has 0 saturated carbocycles. The van der Waals surface area contributed by atoms with Gasteiger partial charge in [-0.05, 0) is 24.3 Å². The fourth-order valence-corrected chi connectivity index (χ4v) is 2.51. The Bertz CT molecular complexity index is 661. The molecule has 16 heavy (non-hydrogen) atoms. The minimum Gasteiger partial charge on any atom is -0.506 e. The van der Waals surface area contributed by atoms with Crippen LogP contribution in [0.5, 0.6) is 5.75 Å². The van der Waals surface area contributed by atoms with Crippen LogP contribution in [0.3, 0.4) is 0 Å². The van der Waals surface area contributed by atoms with E-state index in [1.165, 1.54) is 11.3 Å². The zero-order valence-corrected chi connectivity index (χ0v) is 9.53. The minimum atomic E-state index is 0.177. The lowest BCUT2D eigenvalue weighted by atomic mass is 10.4. The molecule has 0 radical (unpaired) electrons. The van der Waals surface area contributed by atoms with Gasteiger partial charge in [-0.15, -0.1) is 21.5 Å². The highest BCUT2D eigenvalue weighted by Crippen LogP contribution is 2.30. The first-order valence-electron chi connectivity index (χ1n) is 4.53. The van der Waals surface area contributed by atoms with Crippen molar-refractivity contribution in [2.24, 2.45) is 0 Å². The lowest BCUT2D eigenvalue weighted by molar-refractivity contribution is 0.472. The van der Waals surface area contributed by atoms with Gasteiger partial charge in [0.2, 0.25) is 0 Å². The molecule has 0 bridgehead atoms. The Morgan fingerprint density at radius 3 is 2.81 bits per heavy atom. The van der Waals surface area contributed by atoms with E-state index >= 15 is 0 Å². The molecule has 4 nitrogen and oxygen atoms in total. The van der Waals surface area contributed by atoms with Gasteiger partial charge in [-0.2, -0.15) is 0 Å². The predicted molar refractivity (Wildman–Crippen MR) is 63.0 cm³/mol. The normalized spacial score (nSPS) is 11.1. The van der Waals surface area contributed by atoms with E-state index in [0.29, 0.717) is 15.8 Å². The summed E-state index contributed by atoms with van der Waals surface area (Å²) in [7, 11) is 0. The SMILES string of the molecule is Oc1ccc2nnc(-c3ccc(Cl)s3)n2c1. The molecule has 3 rings (SSSR count). The van der Waals surface area contributed by atoms with Gasteiger partial charge in [0.15, 0.2) is 11.5 Å². The van der Waals surface area contributed by atoms with E-state index in [1.807, 2.05) is 12.1 Å². The lowest BCUT2D eigenvalue weighted by Gasteiger charge is -1.97. The quantitative estimate of drug-likeness (QED) is 0.724. The minimum absolute atomic E-state index is 0.177. The number of thiophene rings is 1. The number of fused-ring (bicyclic) bond motifs is 1. The lowest BCUT2D eigenvalue weighted by Crippen LogP contribution is -1.86. The molecule has 1 N–H and O–H groups in total. The molecular weight excluding hydrogens is 246 g/mol. The molecule has 3 aromatic heterocycles. The number of hydrogen-bond donors (Lipinski definition) is 1. The van der Waals surface area contributed by atoms with Gasteiger partial charge >= 0.3 is 0 Å². The van der Waals surface area contributed by atoms with Crippen LogP contribution in [-0.2, 0) is 0 Å². The van der Waals surface area contributed by atoms with Crippen LogP contribution in [0.2, 0.25) is 4.34 Å². The summed E-state index contributed by atoms with van der Waals surface area (Å²) in [6.45, 7) is 0. The van der Waals surface area contributed by atoms with Crippen molar-refractivity contribution >= 4 is 28.6 Å². The summed E-state index contributed by atoms with van der Waals surface area (Å²) < 4.78 is 2.43. The van der Waals surface area contributed by atoms with Crippen LogP contribution in [0.4, 0.5) is 0 Å². The molecule has 0 spiro atoms. The Kier molecular flexibility index (Phi) is 2.08. The number of aromatic nitrogens is 3. The van der Waals surface area contributed by atoms with E-state index < -0.39 is 0 Å². The van der Waals surface area contributed by atoms with Gasteiger partial charge in [0.25, 0.3) is 0 Å². The molecule has 0 aliphatic carbocycles. The molecule has 0 amide bonds. The maximum atomic E-state index is 9.43. The first kappa shape index (κ1) is 9.62. The van der Waals surface area contributed by atoms with Crippen LogP contribution in [0.1, 0.15) is 0 Å². The Morgan fingerprint density at radius 1 is 1.19 bits per heavy atom. The standard InChI is InChI=1S/C10H6ClN3OS/c11-8-3-2-7(16-8)10-13-12-9-4-1-6(15)5-14(9)10/h1-5,15H.